The quantitative estimate of drug-likeness (QED) is 0.629. The molecule has 0 radical (unpaired) electrons. The third kappa shape index (κ3) is 5.37. The maximum absolute atomic E-state index is 12.0. The Bertz CT molecular complexity index is 818. The molecule has 1 amide bonds. The summed E-state index contributed by atoms with van der Waals surface area (Å²) in [6.07, 6.45) is 0. The highest BCUT2D eigenvalue weighted by Gasteiger charge is 2.14. The van der Waals surface area contributed by atoms with Crippen molar-refractivity contribution in [2.24, 2.45) is 0 Å². The van der Waals surface area contributed by atoms with Crippen molar-refractivity contribution in [3.05, 3.63) is 53.1 Å². The molecule has 0 aliphatic heterocycles. The minimum absolute atomic E-state index is 0.114. The average Bonchev–Trinajstić information content (AvgIpc) is 2.75. The first kappa shape index (κ1) is 21.0. The second-order valence-electron chi connectivity index (χ2n) is 5.73. The Morgan fingerprint density at radius 2 is 1.54 bits per heavy atom. The molecule has 0 unspecified atom stereocenters. The molecule has 0 saturated heterocycles. The number of amides is 1. The Morgan fingerprint density at radius 3 is 2.11 bits per heavy atom. The van der Waals surface area contributed by atoms with Crippen molar-refractivity contribution in [1.82, 2.24) is 5.32 Å². The van der Waals surface area contributed by atoms with Gasteiger partial charge >= 0.3 is 5.97 Å². The van der Waals surface area contributed by atoms with E-state index in [1.807, 2.05) is 0 Å². The molecule has 0 fully saturated rings. The van der Waals surface area contributed by atoms with Gasteiger partial charge < -0.3 is 29.4 Å². The fourth-order valence-corrected chi connectivity index (χ4v) is 2.44. The topological polar surface area (TPSA) is 103 Å². The minimum Gasteiger partial charge on any atom is -0.496 e. The van der Waals surface area contributed by atoms with Crippen molar-refractivity contribution in [2.45, 2.75) is 13.2 Å². The van der Waals surface area contributed by atoms with Crippen molar-refractivity contribution < 1.29 is 33.6 Å². The van der Waals surface area contributed by atoms with Crippen molar-refractivity contribution in [1.29, 1.82) is 0 Å². The minimum atomic E-state index is -0.622. The number of aliphatic hydroxyl groups excluding tert-OH is 1. The van der Waals surface area contributed by atoms with Crippen LogP contribution in [0.5, 0.6) is 17.2 Å². The van der Waals surface area contributed by atoms with Gasteiger partial charge in [0.25, 0.3) is 5.91 Å². The molecule has 0 aliphatic rings. The van der Waals surface area contributed by atoms with E-state index in [2.05, 4.69) is 5.32 Å². The Balaban J connectivity index is 1.92. The Morgan fingerprint density at radius 1 is 0.929 bits per heavy atom. The monoisotopic (exact) mass is 389 g/mol. The van der Waals surface area contributed by atoms with E-state index in [1.165, 1.54) is 33.5 Å². The number of benzene rings is 2. The van der Waals surface area contributed by atoms with E-state index in [1.54, 1.807) is 24.3 Å². The number of nitrogens with one attached hydrogen (secondary N) is 1. The van der Waals surface area contributed by atoms with Crippen LogP contribution in [0.1, 0.15) is 21.5 Å². The summed E-state index contributed by atoms with van der Waals surface area (Å²) in [7, 11) is 4.54. The number of hydrogen-bond acceptors (Lipinski definition) is 7. The lowest BCUT2D eigenvalue weighted by atomic mass is 10.1. The number of carbonyl (C=O) groups is 2. The third-order valence-corrected chi connectivity index (χ3v) is 3.97. The first-order chi connectivity index (χ1) is 13.5. The van der Waals surface area contributed by atoms with Gasteiger partial charge in [0.05, 0.1) is 33.5 Å². The van der Waals surface area contributed by atoms with E-state index < -0.39 is 18.5 Å². The summed E-state index contributed by atoms with van der Waals surface area (Å²) in [4.78, 5) is 24.0. The van der Waals surface area contributed by atoms with E-state index in [0.29, 0.717) is 33.9 Å². The highest BCUT2D eigenvalue weighted by molar-refractivity contribution is 5.91. The molecule has 8 nitrogen and oxygen atoms in total. The first-order valence-corrected chi connectivity index (χ1v) is 8.44. The van der Waals surface area contributed by atoms with Gasteiger partial charge in [-0.15, -0.1) is 0 Å². The van der Waals surface area contributed by atoms with Crippen LogP contribution < -0.4 is 19.5 Å². The lowest BCUT2D eigenvalue weighted by molar-refractivity contribution is -0.124. The molecule has 2 N–H and O–H groups in total. The van der Waals surface area contributed by atoms with E-state index >= 15 is 0 Å². The molecule has 2 rings (SSSR count). The molecular formula is C20H23NO7. The SMILES string of the molecule is COc1cc(OC)c(OC)cc1CNC(=O)COC(=O)c1ccc(CO)cc1. The summed E-state index contributed by atoms with van der Waals surface area (Å²) in [5.74, 6) is 0.459. The lowest BCUT2D eigenvalue weighted by Gasteiger charge is -2.14. The molecule has 0 spiro atoms. The summed E-state index contributed by atoms with van der Waals surface area (Å²) >= 11 is 0. The van der Waals surface area contributed by atoms with Crippen LogP contribution in [-0.2, 0) is 22.7 Å². The molecular weight excluding hydrogens is 366 g/mol. The highest BCUT2D eigenvalue weighted by Crippen LogP contribution is 2.34. The molecule has 0 atom stereocenters. The zero-order chi connectivity index (χ0) is 20.5. The number of esters is 1. The van der Waals surface area contributed by atoms with Crippen LogP contribution in [0.15, 0.2) is 36.4 Å². The van der Waals surface area contributed by atoms with Crippen LogP contribution in [0.2, 0.25) is 0 Å². The molecule has 0 heterocycles. The molecule has 0 aromatic heterocycles. The Kier molecular flexibility index (Phi) is 7.65. The average molecular weight is 389 g/mol. The van der Waals surface area contributed by atoms with E-state index in [-0.39, 0.29) is 13.2 Å². The maximum atomic E-state index is 12.0. The lowest BCUT2D eigenvalue weighted by Crippen LogP contribution is -2.28. The maximum Gasteiger partial charge on any atom is 0.338 e. The van der Waals surface area contributed by atoms with Gasteiger partial charge in [-0.1, -0.05) is 12.1 Å². The normalized spacial score (nSPS) is 10.1. The standard InChI is InChI=1S/C20H23NO7/c1-25-16-9-18(27-3)17(26-2)8-15(16)10-21-19(23)12-28-20(24)14-6-4-13(11-22)5-7-14/h4-9,22H,10-12H2,1-3H3,(H,21,23). The predicted molar refractivity (Wildman–Crippen MR) is 101 cm³/mol. The fraction of sp³-hybridized carbons (Fsp3) is 0.300. The van der Waals surface area contributed by atoms with Crippen LogP contribution in [0.4, 0.5) is 0 Å². The first-order valence-electron chi connectivity index (χ1n) is 8.44. The molecule has 2 aromatic carbocycles. The largest absolute Gasteiger partial charge is 0.496 e. The van der Waals surface area contributed by atoms with E-state index in [4.69, 9.17) is 24.1 Å². The van der Waals surface area contributed by atoms with Crippen molar-refractivity contribution in [3.63, 3.8) is 0 Å². The number of methoxy groups -OCH3 is 3. The van der Waals surface area contributed by atoms with Crippen LogP contribution in [-0.4, -0.2) is 44.9 Å². The van der Waals surface area contributed by atoms with Gasteiger partial charge in [-0.2, -0.15) is 0 Å². The zero-order valence-corrected chi connectivity index (χ0v) is 16.0. The molecule has 0 aliphatic carbocycles. The van der Waals surface area contributed by atoms with Crippen LogP contribution in [0, 0.1) is 0 Å². The predicted octanol–water partition coefficient (Wildman–Crippen LogP) is 1.68. The molecule has 2 aromatic rings. The number of hydrogen-bond donors (Lipinski definition) is 2. The Labute approximate surface area is 163 Å². The molecule has 0 saturated carbocycles. The number of carbonyl (C=O) groups excluding carboxylic acids is 2. The van der Waals surface area contributed by atoms with Crippen molar-refractivity contribution in [2.75, 3.05) is 27.9 Å². The van der Waals surface area contributed by atoms with Gasteiger partial charge in [0, 0.05) is 18.2 Å². The summed E-state index contributed by atoms with van der Waals surface area (Å²) in [6, 6.07) is 9.64. The van der Waals surface area contributed by atoms with Crippen molar-refractivity contribution in [3.8, 4) is 17.2 Å². The number of aliphatic hydroxyl groups is 1. The van der Waals surface area contributed by atoms with Gasteiger partial charge in [-0.25, -0.2) is 4.79 Å². The summed E-state index contributed by atoms with van der Waals surface area (Å²) in [6.45, 7) is -0.376. The van der Waals surface area contributed by atoms with Gasteiger partial charge in [-0.05, 0) is 23.8 Å². The molecule has 8 heteroatoms. The second kappa shape index (κ2) is 10.2. The van der Waals surface area contributed by atoms with Gasteiger partial charge in [0.2, 0.25) is 0 Å². The van der Waals surface area contributed by atoms with Crippen LogP contribution in [0.25, 0.3) is 0 Å². The molecule has 28 heavy (non-hydrogen) atoms. The fourth-order valence-electron chi connectivity index (χ4n) is 2.44. The third-order valence-electron chi connectivity index (χ3n) is 3.97. The molecule has 0 bridgehead atoms. The second-order valence-corrected chi connectivity index (χ2v) is 5.73. The number of rotatable bonds is 9. The summed E-state index contributed by atoms with van der Waals surface area (Å²) in [5.41, 5.74) is 1.66. The van der Waals surface area contributed by atoms with E-state index in [0.717, 1.165) is 0 Å². The van der Waals surface area contributed by atoms with Crippen LogP contribution in [0.3, 0.4) is 0 Å². The molecule has 150 valence electrons. The van der Waals surface area contributed by atoms with Gasteiger partial charge in [0.15, 0.2) is 18.1 Å². The highest BCUT2D eigenvalue weighted by atomic mass is 16.5. The van der Waals surface area contributed by atoms with Gasteiger partial charge in [0.1, 0.15) is 5.75 Å². The van der Waals surface area contributed by atoms with Crippen LogP contribution >= 0.6 is 0 Å². The van der Waals surface area contributed by atoms with Gasteiger partial charge in [-0.3, -0.25) is 4.79 Å². The van der Waals surface area contributed by atoms with Crippen molar-refractivity contribution >= 4 is 11.9 Å². The summed E-state index contributed by atoms with van der Waals surface area (Å²) < 4.78 is 20.8. The van der Waals surface area contributed by atoms with E-state index in [9.17, 15) is 9.59 Å². The number of ether oxygens (including phenoxy) is 4. The smallest absolute Gasteiger partial charge is 0.338 e. The zero-order valence-electron chi connectivity index (χ0n) is 16.0. The summed E-state index contributed by atoms with van der Waals surface area (Å²) in [5, 5.41) is 11.7. The Hall–Kier alpha value is -3.26.